The van der Waals surface area contributed by atoms with E-state index in [1.54, 1.807) is 18.3 Å². The van der Waals surface area contributed by atoms with Gasteiger partial charge in [0.05, 0.1) is 28.5 Å². The fourth-order valence-electron chi connectivity index (χ4n) is 1.89. The predicted octanol–water partition coefficient (Wildman–Crippen LogP) is 3.71. The Morgan fingerprint density at radius 1 is 1.33 bits per heavy atom. The van der Waals surface area contributed by atoms with E-state index in [0.29, 0.717) is 18.0 Å². The molecule has 0 fully saturated rings. The molecule has 1 aromatic carbocycles. The Labute approximate surface area is 125 Å². The van der Waals surface area contributed by atoms with E-state index in [1.807, 2.05) is 25.1 Å². The minimum atomic E-state index is 0.562. The van der Waals surface area contributed by atoms with Gasteiger partial charge in [-0.15, -0.1) is 0 Å². The largest absolute Gasteiger partial charge is 0.494 e. The van der Waals surface area contributed by atoms with E-state index in [9.17, 15) is 0 Å². The molecule has 6 heteroatoms. The molecular formula is C15H12N4OS. The summed E-state index contributed by atoms with van der Waals surface area (Å²) < 4.78 is 6.52. The SMILES string of the molecule is CCOc1ccc2nc(Nc3cc(C#N)ccn3)sc2c1. The van der Waals surface area contributed by atoms with Crippen molar-refractivity contribution in [1.82, 2.24) is 9.97 Å². The van der Waals surface area contributed by atoms with Crippen LogP contribution in [0.1, 0.15) is 12.5 Å². The zero-order valence-corrected chi connectivity index (χ0v) is 12.1. The molecule has 2 heterocycles. The number of pyridine rings is 1. The molecule has 0 radical (unpaired) electrons. The van der Waals surface area contributed by atoms with Crippen LogP contribution in [0.3, 0.4) is 0 Å². The van der Waals surface area contributed by atoms with Crippen LogP contribution in [0.2, 0.25) is 0 Å². The average molecular weight is 296 g/mol. The minimum absolute atomic E-state index is 0.562. The van der Waals surface area contributed by atoms with Crippen LogP contribution in [0.15, 0.2) is 36.5 Å². The van der Waals surface area contributed by atoms with E-state index in [2.05, 4.69) is 21.4 Å². The van der Waals surface area contributed by atoms with Gasteiger partial charge in [-0.25, -0.2) is 9.97 Å². The number of benzene rings is 1. The van der Waals surface area contributed by atoms with Gasteiger partial charge in [0.2, 0.25) is 0 Å². The number of nitrogens with one attached hydrogen (secondary N) is 1. The lowest BCUT2D eigenvalue weighted by atomic mass is 10.3. The lowest BCUT2D eigenvalue weighted by molar-refractivity contribution is 0.341. The topological polar surface area (TPSA) is 70.8 Å². The molecule has 0 saturated carbocycles. The van der Waals surface area contributed by atoms with Crippen molar-refractivity contribution in [3.05, 3.63) is 42.1 Å². The van der Waals surface area contributed by atoms with Crippen molar-refractivity contribution in [1.29, 1.82) is 5.26 Å². The molecule has 0 bridgehead atoms. The van der Waals surface area contributed by atoms with Gasteiger partial charge in [0.15, 0.2) is 5.13 Å². The Morgan fingerprint density at radius 2 is 2.24 bits per heavy atom. The van der Waals surface area contributed by atoms with E-state index in [-0.39, 0.29) is 0 Å². The zero-order valence-electron chi connectivity index (χ0n) is 11.3. The van der Waals surface area contributed by atoms with Gasteiger partial charge < -0.3 is 10.1 Å². The second-order valence-corrected chi connectivity index (χ2v) is 5.28. The van der Waals surface area contributed by atoms with Gasteiger partial charge in [-0.2, -0.15) is 5.26 Å². The lowest BCUT2D eigenvalue weighted by Crippen LogP contribution is -1.92. The molecule has 21 heavy (non-hydrogen) atoms. The fraction of sp³-hybridized carbons (Fsp3) is 0.133. The first-order valence-electron chi connectivity index (χ1n) is 6.45. The van der Waals surface area contributed by atoms with Crippen LogP contribution >= 0.6 is 11.3 Å². The van der Waals surface area contributed by atoms with E-state index < -0.39 is 0 Å². The minimum Gasteiger partial charge on any atom is -0.494 e. The van der Waals surface area contributed by atoms with Crippen LogP contribution in [0.5, 0.6) is 5.75 Å². The lowest BCUT2D eigenvalue weighted by Gasteiger charge is -2.00. The smallest absolute Gasteiger partial charge is 0.189 e. The summed E-state index contributed by atoms with van der Waals surface area (Å²) in [7, 11) is 0. The van der Waals surface area contributed by atoms with Crippen molar-refractivity contribution in [2.75, 3.05) is 11.9 Å². The Bertz CT molecular complexity index is 822. The van der Waals surface area contributed by atoms with Gasteiger partial charge in [0, 0.05) is 6.20 Å². The Hall–Kier alpha value is -2.65. The molecule has 0 aliphatic heterocycles. The normalized spacial score (nSPS) is 10.3. The third-order valence-corrected chi connectivity index (χ3v) is 3.73. The molecule has 0 saturated heterocycles. The molecule has 0 aliphatic carbocycles. The van der Waals surface area contributed by atoms with Gasteiger partial charge in [-0.1, -0.05) is 11.3 Å². The average Bonchev–Trinajstić information content (AvgIpc) is 2.89. The molecule has 0 unspecified atom stereocenters. The first-order chi connectivity index (χ1) is 10.3. The monoisotopic (exact) mass is 296 g/mol. The van der Waals surface area contributed by atoms with Crippen molar-refractivity contribution in [3.8, 4) is 11.8 Å². The van der Waals surface area contributed by atoms with Gasteiger partial charge in [0.25, 0.3) is 0 Å². The number of rotatable bonds is 4. The van der Waals surface area contributed by atoms with Crippen LogP contribution < -0.4 is 10.1 Å². The molecule has 3 aromatic rings. The molecule has 0 amide bonds. The molecular weight excluding hydrogens is 284 g/mol. The third kappa shape index (κ3) is 2.93. The van der Waals surface area contributed by atoms with Crippen LogP contribution in [-0.2, 0) is 0 Å². The van der Waals surface area contributed by atoms with Crippen molar-refractivity contribution < 1.29 is 4.74 Å². The van der Waals surface area contributed by atoms with E-state index in [0.717, 1.165) is 21.1 Å². The third-order valence-electron chi connectivity index (χ3n) is 2.79. The number of fused-ring (bicyclic) bond motifs is 1. The van der Waals surface area contributed by atoms with E-state index >= 15 is 0 Å². The van der Waals surface area contributed by atoms with Gasteiger partial charge in [-0.05, 0) is 37.3 Å². The first-order valence-corrected chi connectivity index (χ1v) is 7.26. The van der Waals surface area contributed by atoms with Crippen LogP contribution in [0.25, 0.3) is 10.2 Å². The highest BCUT2D eigenvalue weighted by Gasteiger charge is 2.06. The van der Waals surface area contributed by atoms with Crippen molar-refractivity contribution >= 4 is 32.5 Å². The van der Waals surface area contributed by atoms with Gasteiger partial charge >= 0.3 is 0 Å². The summed E-state index contributed by atoms with van der Waals surface area (Å²) >= 11 is 1.52. The highest BCUT2D eigenvalue weighted by atomic mass is 32.1. The number of ether oxygens (including phenoxy) is 1. The number of thiazole rings is 1. The number of aromatic nitrogens is 2. The number of hydrogen-bond acceptors (Lipinski definition) is 6. The molecule has 2 aromatic heterocycles. The Morgan fingerprint density at radius 3 is 3.05 bits per heavy atom. The molecule has 0 atom stereocenters. The van der Waals surface area contributed by atoms with Crippen LogP contribution in [0.4, 0.5) is 10.9 Å². The number of nitriles is 1. The molecule has 5 nitrogen and oxygen atoms in total. The van der Waals surface area contributed by atoms with Crippen molar-refractivity contribution in [3.63, 3.8) is 0 Å². The van der Waals surface area contributed by atoms with E-state index in [4.69, 9.17) is 10.00 Å². The maximum Gasteiger partial charge on any atom is 0.189 e. The molecule has 0 spiro atoms. The maximum atomic E-state index is 8.89. The zero-order chi connectivity index (χ0) is 14.7. The number of anilines is 2. The van der Waals surface area contributed by atoms with Crippen LogP contribution in [0, 0.1) is 11.3 Å². The van der Waals surface area contributed by atoms with Crippen molar-refractivity contribution in [2.45, 2.75) is 6.92 Å². The van der Waals surface area contributed by atoms with Crippen LogP contribution in [-0.4, -0.2) is 16.6 Å². The number of nitrogens with zero attached hydrogens (tertiary/aromatic N) is 3. The predicted molar refractivity (Wildman–Crippen MR) is 83.0 cm³/mol. The van der Waals surface area contributed by atoms with Gasteiger partial charge in [0.1, 0.15) is 11.6 Å². The second kappa shape index (κ2) is 5.77. The standard InChI is InChI=1S/C15H12N4OS/c1-2-20-11-3-4-12-13(8-11)21-15(18-12)19-14-7-10(9-16)5-6-17-14/h3-8H,2H2,1H3,(H,17,18,19). The molecule has 1 N–H and O–H groups in total. The molecule has 104 valence electrons. The summed E-state index contributed by atoms with van der Waals surface area (Å²) in [6.45, 7) is 2.60. The van der Waals surface area contributed by atoms with Crippen molar-refractivity contribution in [2.24, 2.45) is 0 Å². The van der Waals surface area contributed by atoms with E-state index in [1.165, 1.54) is 11.3 Å². The Kier molecular flexibility index (Phi) is 3.67. The maximum absolute atomic E-state index is 8.89. The Balaban J connectivity index is 1.88. The summed E-state index contributed by atoms with van der Waals surface area (Å²) in [4.78, 5) is 8.67. The second-order valence-electron chi connectivity index (χ2n) is 4.25. The summed E-state index contributed by atoms with van der Waals surface area (Å²) in [5, 5.41) is 12.8. The summed E-state index contributed by atoms with van der Waals surface area (Å²) in [6, 6.07) is 11.3. The summed E-state index contributed by atoms with van der Waals surface area (Å²) in [5.74, 6) is 1.45. The fourth-order valence-corrected chi connectivity index (χ4v) is 2.79. The summed E-state index contributed by atoms with van der Waals surface area (Å²) in [5.41, 5.74) is 1.47. The molecule has 3 rings (SSSR count). The summed E-state index contributed by atoms with van der Waals surface area (Å²) in [6.07, 6.45) is 1.60. The first kappa shape index (κ1) is 13.3. The quantitative estimate of drug-likeness (QED) is 0.794. The molecule has 0 aliphatic rings. The number of hydrogen-bond donors (Lipinski definition) is 1. The highest BCUT2D eigenvalue weighted by Crippen LogP contribution is 2.30. The van der Waals surface area contributed by atoms with Gasteiger partial charge in [-0.3, -0.25) is 0 Å². The highest BCUT2D eigenvalue weighted by molar-refractivity contribution is 7.22.